The van der Waals surface area contributed by atoms with Crippen LogP contribution in [0.5, 0.6) is 5.75 Å². The summed E-state index contributed by atoms with van der Waals surface area (Å²) >= 11 is 12.1. The molecule has 0 radical (unpaired) electrons. The van der Waals surface area contributed by atoms with E-state index in [1.165, 1.54) is 4.90 Å². The minimum absolute atomic E-state index is 0.0840. The van der Waals surface area contributed by atoms with Crippen molar-refractivity contribution in [2.24, 2.45) is 5.73 Å². The smallest absolute Gasteiger partial charge is 0.260 e. The Bertz CT molecular complexity index is 875. The van der Waals surface area contributed by atoms with Crippen molar-refractivity contribution in [1.29, 1.82) is 0 Å². The van der Waals surface area contributed by atoms with Gasteiger partial charge in [-0.25, -0.2) is 0 Å². The van der Waals surface area contributed by atoms with Gasteiger partial charge >= 0.3 is 0 Å². The maximum Gasteiger partial charge on any atom is 0.260 e. The SMILES string of the molecule is CN(CC(=O)N1CC(C(N)=O)Oc2ccccc21)Cc1ccc(Cl)cc1Cl. The molecular formula is C19H19Cl2N3O3. The first-order valence-corrected chi connectivity index (χ1v) is 9.08. The highest BCUT2D eigenvalue weighted by atomic mass is 35.5. The number of likely N-dealkylation sites (N-methyl/N-ethyl adjacent to an activating group) is 1. The van der Waals surface area contributed by atoms with Gasteiger partial charge in [-0.05, 0) is 36.9 Å². The van der Waals surface area contributed by atoms with E-state index < -0.39 is 12.0 Å². The van der Waals surface area contributed by atoms with Gasteiger partial charge in [0.25, 0.3) is 5.91 Å². The lowest BCUT2D eigenvalue weighted by molar-refractivity contribution is -0.125. The monoisotopic (exact) mass is 407 g/mol. The van der Waals surface area contributed by atoms with Gasteiger partial charge in [0.15, 0.2) is 6.10 Å². The van der Waals surface area contributed by atoms with E-state index in [-0.39, 0.29) is 19.0 Å². The average Bonchev–Trinajstić information content (AvgIpc) is 2.63. The van der Waals surface area contributed by atoms with E-state index in [1.807, 2.05) is 24.1 Å². The number of fused-ring (bicyclic) bond motifs is 1. The first-order valence-electron chi connectivity index (χ1n) is 8.33. The topological polar surface area (TPSA) is 75.9 Å². The van der Waals surface area contributed by atoms with Crippen molar-refractivity contribution in [3.05, 3.63) is 58.1 Å². The van der Waals surface area contributed by atoms with E-state index in [0.29, 0.717) is 28.0 Å². The number of hydrogen-bond donors (Lipinski definition) is 1. The zero-order valence-corrected chi connectivity index (χ0v) is 16.2. The Morgan fingerprint density at radius 1 is 1.26 bits per heavy atom. The van der Waals surface area contributed by atoms with E-state index in [1.54, 1.807) is 30.3 Å². The molecule has 1 unspecified atom stereocenters. The first kappa shape index (κ1) is 19.5. The molecule has 2 amide bonds. The van der Waals surface area contributed by atoms with Crippen molar-refractivity contribution in [2.75, 3.05) is 25.0 Å². The fourth-order valence-electron chi connectivity index (χ4n) is 2.93. The molecule has 6 nitrogen and oxygen atoms in total. The molecule has 1 aliphatic heterocycles. The van der Waals surface area contributed by atoms with Gasteiger partial charge in [0.2, 0.25) is 5.91 Å². The first-order chi connectivity index (χ1) is 12.8. The Morgan fingerprint density at radius 2 is 2.00 bits per heavy atom. The number of hydrogen-bond acceptors (Lipinski definition) is 4. The average molecular weight is 408 g/mol. The number of benzene rings is 2. The van der Waals surface area contributed by atoms with Crippen LogP contribution in [-0.2, 0) is 16.1 Å². The van der Waals surface area contributed by atoms with Crippen molar-refractivity contribution in [3.63, 3.8) is 0 Å². The van der Waals surface area contributed by atoms with E-state index >= 15 is 0 Å². The minimum atomic E-state index is -0.875. The second-order valence-corrected chi connectivity index (χ2v) is 7.23. The second-order valence-electron chi connectivity index (χ2n) is 6.39. The van der Waals surface area contributed by atoms with Crippen molar-refractivity contribution < 1.29 is 14.3 Å². The summed E-state index contributed by atoms with van der Waals surface area (Å²) in [4.78, 5) is 27.9. The highest BCUT2D eigenvalue weighted by molar-refractivity contribution is 6.35. The molecule has 1 atom stereocenters. The summed E-state index contributed by atoms with van der Waals surface area (Å²) in [5.74, 6) is -0.308. The summed E-state index contributed by atoms with van der Waals surface area (Å²) in [6.07, 6.45) is -0.875. The summed E-state index contributed by atoms with van der Waals surface area (Å²) in [5, 5.41) is 1.11. The Balaban J connectivity index is 1.73. The maximum atomic E-state index is 12.9. The molecule has 8 heteroatoms. The molecule has 2 N–H and O–H groups in total. The van der Waals surface area contributed by atoms with Crippen LogP contribution >= 0.6 is 23.2 Å². The molecule has 2 aromatic rings. The number of nitrogens with two attached hydrogens (primary N) is 1. The van der Waals surface area contributed by atoms with Gasteiger partial charge in [0.05, 0.1) is 18.8 Å². The minimum Gasteiger partial charge on any atom is -0.477 e. The second kappa shape index (κ2) is 8.17. The van der Waals surface area contributed by atoms with Crippen molar-refractivity contribution in [3.8, 4) is 5.75 Å². The summed E-state index contributed by atoms with van der Waals surface area (Å²) in [6, 6.07) is 12.3. The van der Waals surface area contributed by atoms with Gasteiger partial charge in [0.1, 0.15) is 5.75 Å². The highest BCUT2D eigenvalue weighted by Crippen LogP contribution is 2.33. The molecule has 1 heterocycles. The zero-order chi connectivity index (χ0) is 19.6. The van der Waals surface area contributed by atoms with Crippen LogP contribution in [0.3, 0.4) is 0 Å². The zero-order valence-electron chi connectivity index (χ0n) is 14.7. The lowest BCUT2D eigenvalue weighted by Crippen LogP contribution is -2.51. The normalized spacial score (nSPS) is 16.0. The van der Waals surface area contributed by atoms with E-state index in [2.05, 4.69) is 0 Å². The number of amides is 2. The molecule has 0 saturated heterocycles. The van der Waals surface area contributed by atoms with Crippen molar-refractivity contribution in [2.45, 2.75) is 12.6 Å². The molecule has 0 spiro atoms. The van der Waals surface area contributed by atoms with Gasteiger partial charge in [0, 0.05) is 16.6 Å². The van der Waals surface area contributed by atoms with Gasteiger partial charge in [-0.15, -0.1) is 0 Å². The molecule has 142 valence electrons. The Kier molecular flexibility index (Phi) is 5.89. The molecule has 3 rings (SSSR count). The number of rotatable bonds is 5. The molecule has 27 heavy (non-hydrogen) atoms. The number of nitrogens with zero attached hydrogens (tertiary/aromatic N) is 2. The summed E-state index contributed by atoms with van der Waals surface area (Å²) in [7, 11) is 1.82. The van der Waals surface area contributed by atoms with E-state index in [9.17, 15) is 9.59 Å². The Morgan fingerprint density at radius 3 is 2.70 bits per heavy atom. The number of halogens is 2. The van der Waals surface area contributed by atoms with Crippen molar-refractivity contribution in [1.82, 2.24) is 4.90 Å². The molecule has 1 aliphatic rings. The fourth-order valence-corrected chi connectivity index (χ4v) is 3.40. The van der Waals surface area contributed by atoms with Crippen LogP contribution in [0, 0.1) is 0 Å². The quantitative estimate of drug-likeness (QED) is 0.826. The van der Waals surface area contributed by atoms with Crippen LogP contribution in [-0.4, -0.2) is 43.0 Å². The van der Waals surface area contributed by atoms with Crippen LogP contribution in [0.4, 0.5) is 5.69 Å². The molecule has 0 aliphatic carbocycles. The fraction of sp³-hybridized carbons (Fsp3) is 0.263. The van der Waals surface area contributed by atoms with Gasteiger partial charge in [-0.3, -0.25) is 14.5 Å². The number of carbonyl (C=O) groups excluding carboxylic acids is 2. The van der Waals surface area contributed by atoms with Crippen LogP contribution in [0.25, 0.3) is 0 Å². The maximum absolute atomic E-state index is 12.9. The summed E-state index contributed by atoms with van der Waals surface area (Å²) < 4.78 is 5.59. The van der Waals surface area contributed by atoms with Gasteiger partial charge < -0.3 is 15.4 Å². The number of ether oxygens (including phenoxy) is 1. The summed E-state index contributed by atoms with van der Waals surface area (Å²) in [5.41, 5.74) is 6.87. The Hall–Kier alpha value is -2.28. The molecule has 2 aromatic carbocycles. The number of para-hydroxylation sites is 2. The third-order valence-electron chi connectivity index (χ3n) is 4.25. The number of anilines is 1. The molecule has 0 fully saturated rings. The van der Waals surface area contributed by atoms with Crippen LogP contribution < -0.4 is 15.4 Å². The largest absolute Gasteiger partial charge is 0.477 e. The van der Waals surface area contributed by atoms with Crippen LogP contribution in [0.1, 0.15) is 5.56 Å². The number of carbonyl (C=O) groups is 2. The van der Waals surface area contributed by atoms with Crippen LogP contribution in [0.15, 0.2) is 42.5 Å². The van der Waals surface area contributed by atoms with Crippen LogP contribution in [0.2, 0.25) is 10.0 Å². The predicted octanol–water partition coefficient (Wildman–Crippen LogP) is 2.70. The third-order valence-corrected chi connectivity index (χ3v) is 4.84. The standard InChI is InChI=1S/C19H19Cl2N3O3/c1-23(9-12-6-7-13(20)8-14(12)21)11-18(25)24-10-17(19(22)26)27-16-5-3-2-4-15(16)24/h2-8,17H,9-11H2,1H3,(H2,22,26). The highest BCUT2D eigenvalue weighted by Gasteiger charge is 2.32. The summed E-state index contributed by atoms with van der Waals surface area (Å²) in [6.45, 7) is 0.701. The lowest BCUT2D eigenvalue weighted by atomic mass is 10.1. The third kappa shape index (κ3) is 4.53. The van der Waals surface area contributed by atoms with E-state index in [4.69, 9.17) is 33.7 Å². The lowest BCUT2D eigenvalue weighted by Gasteiger charge is -2.34. The number of primary amides is 1. The Labute approximate surface area is 167 Å². The van der Waals surface area contributed by atoms with Crippen molar-refractivity contribution >= 4 is 40.7 Å². The predicted molar refractivity (Wildman–Crippen MR) is 105 cm³/mol. The molecule has 0 bridgehead atoms. The van der Waals surface area contributed by atoms with Gasteiger partial charge in [-0.2, -0.15) is 0 Å². The molecule has 0 saturated carbocycles. The molecular weight excluding hydrogens is 389 g/mol. The molecule has 0 aromatic heterocycles. The van der Waals surface area contributed by atoms with E-state index in [0.717, 1.165) is 5.56 Å². The van der Waals surface area contributed by atoms with Gasteiger partial charge in [-0.1, -0.05) is 41.4 Å².